The Labute approximate surface area is 252 Å². The third-order valence-corrected chi connectivity index (χ3v) is 5.21. The third-order valence-electron chi connectivity index (χ3n) is 5.21. The van der Waals surface area contributed by atoms with Gasteiger partial charge in [-0.1, -0.05) is 51.2 Å². The summed E-state index contributed by atoms with van der Waals surface area (Å²) >= 11 is 0. The van der Waals surface area contributed by atoms with Gasteiger partial charge in [-0.25, -0.2) is 0 Å². The maximum Gasteiger partial charge on any atom is 4.00 e. The molecular weight excluding hydrogens is 639 g/mol. The molecule has 0 aliphatic rings. The molecule has 0 N–H and O–H groups in total. The first-order chi connectivity index (χ1) is 17.9. The van der Waals surface area contributed by atoms with Crippen LogP contribution in [0.3, 0.4) is 0 Å². The predicted molar refractivity (Wildman–Crippen MR) is 168 cm³/mol. The summed E-state index contributed by atoms with van der Waals surface area (Å²) in [7, 11) is 1.08. The Morgan fingerprint density at radius 2 is 0.789 bits per heavy atom. The minimum absolute atomic E-state index is 0. The van der Waals surface area contributed by atoms with Crippen LogP contribution in [0.4, 0.5) is 0 Å². The molecule has 0 aliphatic heterocycles. The summed E-state index contributed by atoms with van der Waals surface area (Å²) in [4.78, 5) is 0. The molecule has 0 unspecified atom stereocenters. The molecule has 38 heavy (non-hydrogen) atoms. The van der Waals surface area contributed by atoms with Crippen LogP contribution in [0.1, 0.15) is 22.3 Å². The van der Waals surface area contributed by atoms with Crippen molar-refractivity contribution in [1.29, 1.82) is 0 Å². The van der Waals surface area contributed by atoms with Crippen LogP contribution < -0.4 is 0 Å². The normalized spacial score (nSPS) is 9.16. The molecule has 190 valence electrons. The molecule has 0 aliphatic carbocycles. The Hall–Kier alpha value is -3.07. The van der Waals surface area contributed by atoms with Gasteiger partial charge in [0.2, 0.25) is 0 Å². The summed E-state index contributed by atoms with van der Waals surface area (Å²) in [5.41, 5.74) is 4.84. The van der Waals surface area contributed by atoms with Crippen molar-refractivity contribution in [2.24, 2.45) is 0 Å². The van der Waals surface area contributed by atoms with Gasteiger partial charge in [-0.05, 0) is 0 Å². The van der Waals surface area contributed by atoms with Crippen LogP contribution in [0.25, 0.3) is 21.5 Å². The second-order valence-electron chi connectivity index (χ2n) is 8.79. The summed E-state index contributed by atoms with van der Waals surface area (Å²) in [5, 5.41) is 5.39. The van der Waals surface area contributed by atoms with Crippen LogP contribution in [0.2, 0.25) is 13.1 Å². The molecule has 0 spiro atoms. The fourth-order valence-corrected chi connectivity index (χ4v) is 3.57. The smallest absolute Gasteiger partial charge is 0.199 e. The third kappa shape index (κ3) is 12.9. The van der Waals surface area contributed by atoms with E-state index in [0.29, 0.717) is 0 Å². The van der Waals surface area contributed by atoms with Gasteiger partial charge in [0.15, 0.2) is 0 Å². The fraction of sp³-hybridized carbons (Fsp3) is 0.111. The van der Waals surface area contributed by atoms with Crippen molar-refractivity contribution in [1.82, 2.24) is 0 Å². The van der Waals surface area contributed by atoms with Crippen LogP contribution >= 0.6 is 0 Å². The van der Waals surface area contributed by atoms with Gasteiger partial charge in [0.05, 0.1) is 0 Å². The number of benzene rings is 4. The summed E-state index contributed by atoms with van der Waals surface area (Å²) in [6, 6.07) is 45.4. The molecule has 0 amide bonds. The van der Waals surface area contributed by atoms with Crippen molar-refractivity contribution in [3.05, 3.63) is 170 Å². The van der Waals surface area contributed by atoms with Crippen molar-refractivity contribution in [3.63, 3.8) is 0 Å². The zero-order valence-electron chi connectivity index (χ0n) is 23.1. The Balaban J connectivity index is 0.000000246. The van der Waals surface area contributed by atoms with E-state index in [0.717, 1.165) is 20.6 Å². The molecule has 0 saturated carbocycles. The molecule has 6 rings (SSSR count). The Morgan fingerprint density at radius 1 is 0.500 bits per heavy atom. The van der Waals surface area contributed by atoms with E-state index in [-0.39, 0.29) is 25.8 Å². The molecule has 0 atom stereocenters. The quantitative estimate of drug-likeness (QED) is 0.111. The summed E-state index contributed by atoms with van der Waals surface area (Å²) in [5.74, 6) is 0. The molecule has 0 saturated heterocycles. The number of hydrogen-bond acceptors (Lipinski definition) is 0. The summed E-state index contributed by atoms with van der Waals surface area (Å²) < 4.78 is 0. The molecule has 0 fully saturated rings. The Kier molecular flexibility index (Phi) is 16.5. The van der Waals surface area contributed by atoms with Crippen molar-refractivity contribution in [3.8, 4) is 0 Å². The van der Waals surface area contributed by atoms with Crippen molar-refractivity contribution < 1.29 is 25.8 Å². The molecule has 2 radical (unpaired) electrons. The monoisotopic (exact) mass is 678 g/mol. The van der Waals surface area contributed by atoms with E-state index in [4.69, 9.17) is 0 Å². The first-order valence-electron chi connectivity index (χ1n) is 12.5. The number of aryl methyl sites for hydroxylation is 2. The maximum absolute atomic E-state index is 3.72. The molecule has 0 aromatic heterocycles. The van der Waals surface area contributed by atoms with Crippen LogP contribution in [-0.4, -0.2) is 9.52 Å². The molecule has 6 aromatic carbocycles. The van der Waals surface area contributed by atoms with E-state index in [1.165, 1.54) is 32.7 Å². The minimum Gasteiger partial charge on any atom is -0.199 e. The Bertz CT molecular complexity index is 1220. The van der Waals surface area contributed by atoms with Crippen LogP contribution in [-0.2, 0) is 25.8 Å². The molecular formula is C36H38HfSi. The first-order valence-corrected chi connectivity index (χ1v) is 14.5. The van der Waals surface area contributed by atoms with Gasteiger partial charge in [0.25, 0.3) is 0 Å². The summed E-state index contributed by atoms with van der Waals surface area (Å²) in [6.07, 6.45) is 0. The minimum atomic E-state index is 0. The van der Waals surface area contributed by atoms with Crippen LogP contribution in [0.15, 0.2) is 133 Å². The molecule has 0 nitrogen and oxygen atoms in total. The van der Waals surface area contributed by atoms with Gasteiger partial charge in [0, 0.05) is 9.52 Å². The molecule has 0 heterocycles. The topological polar surface area (TPSA) is 0 Å². The van der Waals surface area contributed by atoms with Crippen molar-refractivity contribution >= 4 is 31.1 Å². The van der Waals surface area contributed by atoms with Gasteiger partial charge in [-0.2, -0.15) is 61.4 Å². The van der Waals surface area contributed by atoms with Crippen molar-refractivity contribution in [2.75, 3.05) is 0 Å². The zero-order valence-corrected chi connectivity index (χ0v) is 27.7. The zero-order chi connectivity index (χ0) is 26.9. The molecule has 0 bridgehead atoms. The van der Waals surface area contributed by atoms with Crippen LogP contribution in [0, 0.1) is 27.7 Å². The summed E-state index contributed by atoms with van der Waals surface area (Å²) in [6.45, 7) is 16.0. The largest absolute Gasteiger partial charge is 4.00 e. The first kappa shape index (κ1) is 33.0. The van der Waals surface area contributed by atoms with Gasteiger partial charge in [0.1, 0.15) is 0 Å². The number of hydrogen-bond donors (Lipinski definition) is 0. The van der Waals surface area contributed by atoms with Gasteiger partial charge in [-0.3, -0.25) is 0 Å². The van der Waals surface area contributed by atoms with Crippen LogP contribution in [0.5, 0.6) is 0 Å². The van der Waals surface area contributed by atoms with E-state index in [2.05, 4.69) is 114 Å². The Morgan fingerprint density at radius 3 is 1.05 bits per heavy atom. The average molecular weight is 677 g/mol. The van der Waals surface area contributed by atoms with Gasteiger partial charge < -0.3 is 0 Å². The number of rotatable bonds is 0. The van der Waals surface area contributed by atoms with Gasteiger partial charge in [-0.15, -0.1) is 105 Å². The van der Waals surface area contributed by atoms with Crippen molar-refractivity contribution in [2.45, 2.75) is 26.9 Å². The fourth-order valence-electron chi connectivity index (χ4n) is 3.57. The van der Waals surface area contributed by atoms with E-state index >= 15 is 0 Å². The standard InChI is InChI=1S/2C10H9.2C7H7.C2H6Si.Hf/c2*1-8-6-9-4-2-3-5-10(9)7-8;2*1-7-5-3-2-4-6-7;1-3-2;/h2*2-7H,1H3;2*2-6H,1H2;1-2H3;/q4*-1;;+4. The van der Waals surface area contributed by atoms with E-state index < -0.39 is 0 Å². The average Bonchev–Trinajstić information content (AvgIpc) is 3.47. The maximum atomic E-state index is 3.72. The molecule has 6 aromatic rings. The second kappa shape index (κ2) is 19.1. The SMILES string of the molecule is C[Si]C.Cc1cc2ccccc2[cH-]1.Cc1cc2ccccc2[cH-]1.[CH2-]c1ccccc1.[CH2-]c1ccccc1.[Hf+4]. The second-order valence-corrected chi connectivity index (χ2v) is 9.79. The van der Waals surface area contributed by atoms with E-state index in [9.17, 15) is 0 Å². The predicted octanol–water partition coefficient (Wildman–Crippen LogP) is 10.3. The number of fused-ring (bicyclic) bond motifs is 2. The van der Waals surface area contributed by atoms with E-state index in [1.807, 2.05) is 60.7 Å². The molecule has 2 heteroatoms. The van der Waals surface area contributed by atoms with Gasteiger partial charge >= 0.3 is 25.8 Å². The van der Waals surface area contributed by atoms with E-state index in [1.54, 1.807) is 0 Å².